The van der Waals surface area contributed by atoms with Crippen molar-refractivity contribution in [1.82, 2.24) is 19.3 Å². The highest BCUT2D eigenvalue weighted by Gasteiger charge is 2.34. The van der Waals surface area contributed by atoms with Gasteiger partial charge in [0.1, 0.15) is 6.54 Å². The van der Waals surface area contributed by atoms with Crippen molar-refractivity contribution in [3.8, 4) is 11.1 Å². The summed E-state index contributed by atoms with van der Waals surface area (Å²) in [5.41, 5.74) is 3.37. The number of carboxylic acids is 1. The van der Waals surface area contributed by atoms with E-state index in [4.69, 9.17) is 5.11 Å². The van der Waals surface area contributed by atoms with Gasteiger partial charge in [-0.15, -0.1) is 0 Å². The SMILES string of the molecule is Cc1cnccc1-c1cccc(C(C)N(CCCCC(=O)NCCSNCC(=O)O)Sc2ccccc2C(F)(F)F)c1. The van der Waals surface area contributed by atoms with Gasteiger partial charge in [0.25, 0.3) is 0 Å². The van der Waals surface area contributed by atoms with E-state index in [1.807, 2.05) is 42.4 Å². The lowest BCUT2D eigenvalue weighted by Crippen LogP contribution is -2.27. The number of aliphatic carboxylic acids is 1. The fourth-order valence-electron chi connectivity index (χ4n) is 4.22. The van der Waals surface area contributed by atoms with Crippen molar-refractivity contribution in [1.29, 1.82) is 0 Å². The van der Waals surface area contributed by atoms with Crippen molar-refractivity contribution in [3.63, 3.8) is 0 Å². The van der Waals surface area contributed by atoms with E-state index in [2.05, 4.69) is 21.1 Å². The molecule has 0 aliphatic heterocycles. The number of carboxylic acid groups (broad SMARTS) is 1. The monoisotopic (exact) mass is 620 g/mol. The van der Waals surface area contributed by atoms with E-state index < -0.39 is 17.7 Å². The van der Waals surface area contributed by atoms with Crippen LogP contribution in [0.3, 0.4) is 0 Å². The molecule has 2 aromatic carbocycles. The molecule has 3 rings (SSSR count). The number of amides is 1. The summed E-state index contributed by atoms with van der Waals surface area (Å²) in [4.78, 5) is 27.0. The van der Waals surface area contributed by atoms with Gasteiger partial charge in [-0.25, -0.2) is 4.31 Å². The Labute approximate surface area is 252 Å². The van der Waals surface area contributed by atoms with Gasteiger partial charge in [0.2, 0.25) is 5.91 Å². The van der Waals surface area contributed by atoms with Crippen LogP contribution in [0.1, 0.15) is 48.9 Å². The van der Waals surface area contributed by atoms with Crippen LogP contribution in [0.4, 0.5) is 13.2 Å². The summed E-state index contributed by atoms with van der Waals surface area (Å²) < 4.78 is 46.0. The zero-order valence-corrected chi connectivity index (χ0v) is 25.1. The summed E-state index contributed by atoms with van der Waals surface area (Å²) in [5.74, 6) is -0.548. The summed E-state index contributed by atoms with van der Waals surface area (Å²) >= 11 is 2.31. The second-order valence-corrected chi connectivity index (χ2v) is 11.7. The van der Waals surface area contributed by atoms with E-state index in [0.29, 0.717) is 31.7 Å². The van der Waals surface area contributed by atoms with Gasteiger partial charge < -0.3 is 10.4 Å². The van der Waals surface area contributed by atoms with Crippen LogP contribution in [0, 0.1) is 6.92 Å². The van der Waals surface area contributed by atoms with Crippen LogP contribution in [0.2, 0.25) is 0 Å². The first-order valence-corrected chi connectivity index (χ1v) is 15.3. The zero-order chi connectivity index (χ0) is 30.5. The molecule has 3 N–H and O–H groups in total. The number of nitrogens with one attached hydrogen (secondary N) is 2. The first-order chi connectivity index (χ1) is 20.1. The smallest absolute Gasteiger partial charge is 0.417 e. The van der Waals surface area contributed by atoms with Crippen LogP contribution >= 0.6 is 23.9 Å². The molecule has 1 atom stereocenters. The molecule has 0 saturated carbocycles. The number of carbonyl (C=O) groups is 2. The van der Waals surface area contributed by atoms with Crippen molar-refractivity contribution in [2.75, 3.05) is 25.4 Å². The molecule has 0 fully saturated rings. The summed E-state index contributed by atoms with van der Waals surface area (Å²) in [6, 6.07) is 15.3. The van der Waals surface area contributed by atoms with Crippen molar-refractivity contribution in [2.45, 2.75) is 50.2 Å². The molecular formula is C30H35F3N4O3S2. The van der Waals surface area contributed by atoms with E-state index in [-0.39, 0.29) is 29.8 Å². The van der Waals surface area contributed by atoms with Crippen LogP contribution in [0.25, 0.3) is 11.1 Å². The standard InChI is InChI=1S/C30H35F3N4O3S2/c1-21-19-34-14-13-25(21)24-9-7-8-23(18-24)22(2)37(42-27-11-4-3-10-26(27)30(31,32)33)16-6-5-12-28(38)35-15-17-41-36-20-29(39)40/h3-4,7-11,13-14,18-19,22,36H,5-6,12,15-17,20H2,1-2H3,(H,35,38)(H,39,40). The van der Waals surface area contributed by atoms with E-state index in [1.54, 1.807) is 18.5 Å². The maximum atomic E-state index is 13.8. The Balaban J connectivity index is 1.68. The number of carbonyl (C=O) groups excluding carboxylic acids is 1. The highest BCUT2D eigenvalue weighted by Crippen LogP contribution is 2.41. The average molecular weight is 621 g/mol. The molecule has 0 bridgehead atoms. The molecule has 12 heteroatoms. The Morgan fingerprint density at radius 3 is 2.62 bits per heavy atom. The molecule has 0 radical (unpaired) electrons. The maximum absolute atomic E-state index is 13.8. The molecule has 1 aromatic heterocycles. The quantitative estimate of drug-likeness (QED) is 0.120. The molecule has 1 amide bonds. The average Bonchev–Trinajstić information content (AvgIpc) is 2.96. The van der Waals surface area contributed by atoms with Crippen molar-refractivity contribution in [2.24, 2.45) is 0 Å². The maximum Gasteiger partial charge on any atom is 0.417 e. The third-order valence-corrected chi connectivity index (χ3v) is 8.47. The molecule has 1 unspecified atom stereocenters. The van der Waals surface area contributed by atoms with Crippen molar-refractivity contribution in [3.05, 3.63) is 83.7 Å². The first-order valence-electron chi connectivity index (χ1n) is 13.5. The molecule has 1 heterocycles. The van der Waals surface area contributed by atoms with Gasteiger partial charge in [0.15, 0.2) is 0 Å². The molecule has 42 heavy (non-hydrogen) atoms. The summed E-state index contributed by atoms with van der Waals surface area (Å²) in [5, 5.41) is 11.4. The van der Waals surface area contributed by atoms with Gasteiger partial charge in [-0.3, -0.25) is 19.3 Å². The third kappa shape index (κ3) is 10.6. The van der Waals surface area contributed by atoms with Gasteiger partial charge in [0, 0.05) is 48.6 Å². The topological polar surface area (TPSA) is 94.6 Å². The van der Waals surface area contributed by atoms with Gasteiger partial charge in [-0.05, 0) is 85.2 Å². The lowest BCUT2D eigenvalue weighted by molar-refractivity contribution is -0.140. The van der Waals surface area contributed by atoms with Crippen LogP contribution in [0.5, 0.6) is 0 Å². The zero-order valence-electron chi connectivity index (χ0n) is 23.5. The Hall–Kier alpha value is -3.06. The van der Waals surface area contributed by atoms with Crippen LogP contribution < -0.4 is 10.0 Å². The molecule has 0 aliphatic carbocycles. The lowest BCUT2D eigenvalue weighted by atomic mass is 9.98. The van der Waals surface area contributed by atoms with Gasteiger partial charge in [-0.2, -0.15) is 13.2 Å². The van der Waals surface area contributed by atoms with Crippen LogP contribution in [-0.4, -0.2) is 51.7 Å². The lowest BCUT2D eigenvalue weighted by Gasteiger charge is -2.29. The second-order valence-electron chi connectivity index (χ2n) is 9.59. The number of hydrogen-bond donors (Lipinski definition) is 3. The number of nitrogens with zero attached hydrogens (tertiary/aromatic N) is 2. The number of pyridine rings is 1. The number of rotatable bonds is 16. The molecule has 226 valence electrons. The predicted octanol–water partition coefficient (Wildman–Crippen LogP) is 6.76. The summed E-state index contributed by atoms with van der Waals surface area (Å²) in [6.45, 7) is 4.67. The van der Waals surface area contributed by atoms with E-state index in [9.17, 15) is 22.8 Å². The highest BCUT2D eigenvalue weighted by molar-refractivity contribution is 7.97. The third-order valence-electron chi connectivity index (χ3n) is 6.42. The Kier molecular flexibility index (Phi) is 13.2. The Bertz CT molecular complexity index is 1330. The van der Waals surface area contributed by atoms with Crippen molar-refractivity contribution < 1.29 is 27.9 Å². The predicted molar refractivity (Wildman–Crippen MR) is 162 cm³/mol. The van der Waals surface area contributed by atoms with Crippen molar-refractivity contribution >= 4 is 35.8 Å². The van der Waals surface area contributed by atoms with Crippen LogP contribution in [-0.2, 0) is 15.8 Å². The fraction of sp³-hybridized carbons (Fsp3) is 0.367. The number of aromatic nitrogens is 1. The molecule has 0 saturated heterocycles. The number of hydrogen-bond acceptors (Lipinski definition) is 7. The number of aryl methyl sites for hydroxylation is 1. The van der Waals surface area contributed by atoms with Gasteiger partial charge in [0.05, 0.1) is 5.56 Å². The summed E-state index contributed by atoms with van der Waals surface area (Å²) in [7, 11) is 0. The van der Waals surface area contributed by atoms with E-state index in [0.717, 1.165) is 40.3 Å². The number of unbranched alkanes of at least 4 members (excludes halogenated alkanes) is 1. The largest absolute Gasteiger partial charge is 0.480 e. The van der Waals surface area contributed by atoms with Crippen LogP contribution in [0.15, 0.2) is 71.9 Å². The normalized spacial score (nSPS) is 12.3. The van der Waals surface area contributed by atoms with Gasteiger partial charge >= 0.3 is 12.1 Å². The molecule has 0 aliphatic rings. The fourth-order valence-corrected chi connectivity index (χ4v) is 5.97. The summed E-state index contributed by atoms with van der Waals surface area (Å²) in [6.07, 6.45) is 0.522. The minimum Gasteiger partial charge on any atom is -0.480 e. The van der Waals surface area contributed by atoms with E-state index >= 15 is 0 Å². The molecule has 0 spiro atoms. The second kappa shape index (κ2) is 16.5. The number of alkyl halides is 3. The minimum absolute atomic E-state index is 0.121. The highest BCUT2D eigenvalue weighted by atomic mass is 32.2. The molecule has 3 aromatic rings. The Morgan fingerprint density at radius 1 is 1.10 bits per heavy atom. The first kappa shape index (κ1) is 33.4. The number of halogens is 3. The molecular weight excluding hydrogens is 585 g/mol. The Morgan fingerprint density at radius 2 is 1.88 bits per heavy atom. The van der Waals surface area contributed by atoms with E-state index in [1.165, 1.54) is 24.1 Å². The van der Waals surface area contributed by atoms with Gasteiger partial charge in [-0.1, -0.05) is 42.3 Å². The minimum atomic E-state index is -4.48. The number of benzene rings is 2. The molecule has 7 nitrogen and oxygen atoms in total.